The van der Waals surface area contributed by atoms with Crippen LogP contribution >= 0.6 is 12.4 Å². The van der Waals surface area contributed by atoms with E-state index < -0.39 is 11.5 Å². The molecule has 3 N–H and O–H groups in total. The number of rotatable bonds is 2. The molecule has 0 unspecified atom stereocenters. The van der Waals surface area contributed by atoms with Crippen LogP contribution in [0, 0.1) is 0 Å². The lowest BCUT2D eigenvalue weighted by atomic mass is 9.93. The zero-order valence-corrected chi connectivity index (χ0v) is 9.09. The van der Waals surface area contributed by atoms with Crippen molar-refractivity contribution in [3.8, 4) is 0 Å². The van der Waals surface area contributed by atoms with E-state index in [4.69, 9.17) is 10.8 Å². The predicted octanol–water partition coefficient (Wildman–Crippen LogP) is 1.38. The van der Waals surface area contributed by atoms with Gasteiger partial charge in [0.25, 0.3) is 0 Å². The van der Waals surface area contributed by atoms with Gasteiger partial charge in [-0.1, -0.05) is 24.3 Å². The van der Waals surface area contributed by atoms with Crippen LogP contribution in [-0.2, 0) is 17.6 Å². The Morgan fingerprint density at radius 3 is 2.20 bits per heavy atom. The number of hydrogen-bond acceptors (Lipinski definition) is 2. The zero-order chi connectivity index (χ0) is 10.2. The topological polar surface area (TPSA) is 63.3 Å². The molecule has 82 valence electrons. The summed E-state index contributed by atoms with van der Waals surface area (Å²) in [5.41, 5.74) is 7.84. The summed E-state index contributed by atoms with van der Waals surface area (Å²) in [6.45, 7) is 0. The van der Waals surface area contributed by atoms with Crippen molar-refractivity contribution >= 4 is 18.4 Å². The summed E-state index contributed by atoms with van der Waals surface area (Å²) in [5, 5.41) is 8.74. The number of hydrogen-bond donors (Lipinski definition) is 2. The molecule has 0 saturated heterocycles. The van der Waals surface area contributed by atoms with Crippen molar-refractivity contribution in [2.45, 2.75) is 24.8 Å². The monoisotopic (exact) mass is 227 g/mol. The molecule has 0 atom stereocenters. The minimum atomic E-state index is -0.819. The van der Waals surface area contributed by atoms with Gasteiger partial charge in [-0.2, -0.15) is 0 Å². The summed E-state index contributed by atoms with van der Waals surface area (Å²) >= 11 is 0. The van der Waals surface area contributed by atoms with Gasteiger partial charge < -0.3 is 10.8 Å². The van der Waals surface area contributed by atoms with Gasteiger partial charge in [0.1, 0.15) is 0 Å². The third-order valence-electron chi connectivity index (χ3n) is 2.71. The molecule has 1 aliphatic rings. The lowest BCUT2D eigenvalue weighted by Crippen LogP contribution is -2.42. The molecule has 2 rings (SSSR count). The molecule has 0 aliphatic heterocycles. The number of nitrogens with two attached hydrogens (primary N) is 1. The highest BCUT2D eigenvalue weighted by atomic mass is 35.5. The molecule has 1 aromatic rings. The van der Waals surface area contributed by atoms with E-state index in [-0.39, 0.29) is 18.8 Å². The Bertz CT molecular complexity index is 354. The number of carbonyl (C=O) groups is 1. The van der Waals surface area contributed by atoms with Crippen molar-refractivity contribution in [1.82, 2.24) is 0 Å². The molecule has 4 heteroatoms. The van der Waals surface area contributed by atoms with E-state index in [0.717, 1.165) is 0 Å². The Kier molecular flexibility index (Phi) is 3.37. The maximum Gasteiger partial charge on any atom is 0.305 e. The summed E-state index contributed by atoms with van der Waals surface area (Å²) in [7, 11) is 0. The highest BCUT2D eigenvalue weighted by molar-refractivity contribution is 5.85. The average Bonchev–Trinajstić information content (AvgIpc) is 2.38. The fraction of sp³-hybridized carbons (Fsp3) is 0.364. The fourth-order valence-electron chi connectivity index (χ4n) is 2.15. The van der Waals surface area contributed by atoms with Gasteiger partial charge in [-0.3, -0.25) is 4.79 Å². The van der Waals surface area contributed by atoms with E-state index in [2.05, 4.69) is 0 Å². The van der Waals surface area contributed by atoms with E-state index in [1.165, 1.54) is 11.1 Å². The van der Waals surface area contributed by atoms with E-state index in [1.54, 1.807) is 0 Å². The summed E-state index contributed by atoms with van der Waals surface area (Å²) in [6.07, 6.45) is 1.40. The van der Waals surface area contributed by atoms with E-state index in [9.17, 15) is 4.79 Å². The van der Waals surface area contributed by atoms with Crippen molar-refractivity contribution in [3.63, 3.8) is 0 Å². The number of aliphatic carboxylic acids is 1. The molecule has 0 radical (unpaired) electrons. The van der Waals surface area contributed by atoms with Crippen LogP contribution in [-0.4, -0.2) is 16.6 Å². The number of benzene rings is 1. The van der Waals surface area contributed by atoms with Crippen molar-refractivity contribution < 1.29 is 9.90 Å². The second-order valence-electron chi connectivity index (χ2n) is 4.06. The van der Waals surface area contributed by atoms with Gasteiger partial charge >= 0.3 is 5.97 Å². The molecule has 0 aromatic heterocycles. The lowest BCUT2D eigenvalue weighted by molar-refractivity contribution is -0.138. The Morgan fingerprint density at radius 1 is 1.33 bits per heavy atom. The Labute approximate surface area is 94.7 Å². The highest BCUT2D eigenvalue weighted by Gasteiger charge is 2.35. The Balaban J connectivity index is 0.00000112. The summed E-state index contributed by atoms with van der Waals surface area (Å²) in [4.78, 5) is 10.6. The van der Waals surface area contributed by atoms with Crippen LogP contribution in [0.25, 0.3) is 0 Å². The van der Waals surface area contributed by atoms with Crippen molar-refractivity contribution in [2.75, 3.05) is 0 Å². The van der Waals surface area contributed by atoms with Gasteiger partial charge in [0.05, 0.1) is 6.42 Å². The molecular formula is C11H14ClNO2. The standard InChI is InChI=1S/C11H13NO2.ClH/c12-11(7-10(13)14)5-8-3-1-2-4-9(8)6-11;/h1-4H,5-7,12H2,(H,13,14);1H. The molecule has 1 aliphatic carbocycles. The van der Waals surface area contributed by atoms with Gasteiger partial charge in [0.2, 0.25) is 0 Å². The molecule has 15 heavy (non-hydrogen) atoms. The summed E-state index contributed by atoms with van der Waals surface area (Å²) in [6, 6.07) is 7.97. The first-order valence-electron chi connectivity index (χ1n) is 4.67. The van der Waals surface area contributed by atoms with Gasteiger partial charge in [-0.05, 0) is 24.0 Å². The van der Waals surface area contributed by atoms with Gasteiger partial charge in [0.15, 0.2) is 0 Å². The molecular weight excluding hydrogens is 214 g/mol. The molecule has 1 aromatic carbocycles. The van der Waals surface area contributed by atoms with E-state index in [0.29, 0.717) is 12.8 Å². The molecule has 0 spiro atoms. The van der Waals surface area contributed by atoms with Gasteiger partial charge in [-0.15, -0.1) is 12.4 Å². The SMILES string of the molecule is Cl.NC1(CC(=O)O)Cc2ccccc2C1. The maximum atomic E-state index is 10.6. The summed E-state index contributed by atoms with van der Waals surface area (Å²) in [5.74, 6) is -0.819. The first-order chi connectivity index (χ1) is 6.59. The Hall–Kier alpha value is -1.06. The van der Waals surface area contributed by atoms with Crippen molar-refractivity contribution in [2.24, 2.45) is 5.73 Å². The third kappa shape index (κ3) is 2.49. The van der Waals surface area contributed by atoms with Crippen LogP contribution < -0.4 is 5.73 Å². The second kappa shape index (κ2) is 4.21. The second-order valence-corrected chi connectivity index (χ2v) is 4.06. The first kappa shape index (κ1) is 12.0. The molecule has 0 heterocycles. The Morgan fingerprint density at radius 2 is 1.80 bits per heavy atom. The van der Waals surface area contributed by atoms with Crippen molar-refractivity contribution in [1.29, 1.82) is 0 Å². The molecule has 0 saturated carbocycles. The first-order valence-corrected chi connectivity index (χ1v) is 4.67. The summed E-state index contributed by atoms with van der Waals surface area (Å²) < 4.78 is 0. The van der Waals surface area contributed by atoms with Crippen molar-refractivity contribution in [3.05, 3.63) is 35.4 Å². The molecule has 0 amide bonds. The largest absolute Gasteiger partial charge is 0.481 e. The van der Waals surface area contributed by atoms with Gasteiger partial charge in [-0.25, -0.2) is 0 Å². The third-order valence-corrected chi connectivity index (χ3v) is 2.71. The molecule has 0 bridgehead atoms. The number of carboxylic acids is 1. The minimum Gasteiger partial charge on any atom is -0.481 e. The smallest absolute Gasteiger partial charge is 0.305 e. The van der Waals surface area contributed by atoms with Crippen LogP contribution in [0.2, 0.25) is 0 Å². The van der Waals surface area contributed by atoms with Crippen LogP contribution in [0.3, 0.4) is 0 Å². The lowest BCUT2D eigenvalue weighted by Gasteiger charge is -2.20. The average molecular weight is 228 g/mol. The highest BCUT2D eigenvalue weighted by Crippen LogP contribution is 2.30. The van der Waals surface area contributed by atoms with Crippen LogP contribution in [0.1, 0.15) is 17.5 Å². The van der Waals surface area contributed by atoms with Crippen LogP contribution in [0.5, 0.6) is 0 Å². The number of carboxylic acid groups (broad SMARTS) is 1. The van der Waals surface area contributed by atoms with Gasteiger partial charge in [0, 0.05) is 5.54 Å². The molecule has 3 nitrogen and oxygen atoms in total. The normalized spacial score (nSPS) is 16.6. The quantitative estimate of drug-likeness (QED) is 0.803. The maximum absolute atomic E-state index is 10.6. The minimum absolute atomic E-state index is 0. The van der Waals surface area contributed by atoms with E-state index >= 15 is 0 Å². The zero-order valence-electron chi connectivity index (χ0n) is 8.27. The predicted molar refractivity (Wildman–Crippen MR) is 60.3 cm³/mol. The molecule has 0 fully saturated rings. The number of halogens is 1. The van der Waals surface area contributed by atoms with Crippen LogP contribution in [0.4, 0.5) is 0 Å². The van der Waals surface area contributed by atoms with Crippen LogP contribution in [0.15, 0.2) is 24.3 Å². The fourth-order valence-corrected chi connectivity index (χ4v) is 2.15. The number of fused-ring (bicyclic) bond motifs is 1. The van der Waals surface area contributed by atoms with E-state index in [1.807, 2.05) is 24.3 Å².